The predicted molar refractivity (Wildman–Crippen MR) is 74.4 cm³/mol. The van der Waals surface area contributed by atoms with E-state index in [0.29, 0.717) is 18.2 Å². The normalized spacial score (nSPS) is 11.5. The summed E-state index contributed by atoms with van der Waals surface area (Å²) < 4.78 is 22.6. The van der Waals surface area contributed by atoms with Gasteiger partial charge in [-0.15, -0.1) is 23.7 Å². The lowest BCUT2D eigenvalue weighted by atomic mass is 10.5. The molecule has 0 saturated carbocycles. The van der Waals surface area contributed by atoms with Gasteiger partial charge in [-0.1, -0.05) is 6.92 Å². The molecule has 0 saturated heterocycles. The fourth-order valence-corrected chi connectivity index (χ4v) is 2.82. The van der Waals surface area contributed by atoms with Gasteiger partial charge in [0.25, 0.3) is 0 Å². The summed E-state index contributed by atoms with van der Waals surface area (Å²) in [7, 11) is -0.990. The zero-order chi connectivity index (χ0) is 12.2. The van der Waals surface area contributed by atoms with Crippen LogP contribution in [0.1, 0.15) is 11.8 Å². The van der Waals surface area contributed by atoms with Gasteiger partial charge < -0.3 is 10.6 Å². The van der Waals surface area contributed by atoms with Crippen LogP contribution in [0.4, 0.5) is 5.13 Å². The second kappa shape index (κ2) is 7.15. The van der Waals surface area contributed by atoms with Gasteiger partial charge in [-0.3, -0.25) is 0 Å². The van der Waals surface area contributed by atoms with Crippen molar-refractivity contribution in [2.45, 2.75) is 13.5 Å². The van der Waals surface area contributed by atoms with Crippen LogP contribution in [-0.4, -0.2) is 43.4 Å². The summed E-state index contributed by atoms with van der Waals surface area (Å²) in [5.41, 5.74) is 5.51. The number of halogens is 1. The zero-order valence-corrected chi connectivity index (χ0v) is 12.4. The van der Waals surface area contributed by atoms with Crippen molar-refractivity contribution in [3.8, 4) is 0 Å². The van der Waals surface area contributed by atoms with Crippen molar-refractivity contribution in [3.63, 3.8) is 0 Å². The lowest BCUT2D eigenvalue weighted by Gasteiger charge is -2.14. The maximum absolute atomic E-state index is 11.3. The lowest BCUT2D eigenvalue weighted by Crippen LogP contribution is -2.25. The van der Waals surface area contributed by atoms with Crippen molar-refractivity contribution in [3.05, 3.63) is 11.1 Å². The van der Waals surface area contributed by atoms with E-state index in [1.807, 2.05) is 11.9 Å². The van der Waals surface area contributed by atoms with Crippen molar-refractivity contribution < 1.29 is 8.42 Å². The first-order valence-corrected chi connectivity index (χ1v) is 7.66. The molecular formula is C9H18ClN3O2S2. The summed E-state index contributed by atoms with van der Waals surface area (Å²) in [4.78, 5) is 6.95. The molecule has 1 aromatic heterocycles. The van der Waals surface area contributed by atoms with Crippen LogP contribution in [0.3, 0.4) is 0 Å². The molecule has 0 aliphatic carbocycles. The second-order valence-electron chi connectivity index (χ2n) is 3.64. The molecule has 0 aromatic carbocycles. The van der Waals surface area contributed by atoms with Gasteiger partial charge in [-0.05, 0) is 7.05 Å². The van der Waals surface area contributed by atoms with Crippen LogP contribution in [0.15, 0.2) is 6.20 Å². The van der Waals surface area contributed by atoms with Crippen LogP contribution in [0.5, 0.6) is 0 Å². The van der Waals surface area contributed by atoms with E-state index >= 15 is 0 Å². The molecule has 17 heavy (non-hydrogen) atoms. The van der Waals surface area contributed by atoms with E-state index in [1.165, 1.54) is 11.3 Å². The largest absolute Gasteiger partial charge is 0.375 e. The molecule has 0 spiro atoms. The standard InChI is InChI=1S/C9H17N3O2S2.ClH/c1-3-16(13,14)5-4-12(2)7-8-6-11-9(10)15-8;/h6H,3-5,7H2,1-2H3,(H2,10,11);1H. The van der Waals surface area contributed by atoms with Gasteiger partial charge in [0, 0.05) is 29.9 Å². The third-order valence-electron chi connectivity index (χ3n) is 2.22. The maximum atomic E-state index is 11.3. The average molecular weight is 300 g/mol. The Labute approximate surface area is 112 Å². The number of nitrogens with two attached hydrogens (primary N) is 1. The number of nitrogens with zero attached hydrogens (tertiary/aromatic N) is 2. The molecule has 2 N–H and O–H groups in total. The van der Waals surface area contributed by atoms with E-state index in [0.717, 1.165) is 4.88 Å². The molecule has 100 valence electrons. The van der Waals surface area contributed by atoms with Crippen molar-refractivity contribution in [1.82, 2.24) is 9.88 Å². The summed E-state index contributed by atoms with van der Waals surface area (Å²) in [6.07, 6.45) is 1.73. The number of hydrogen-bond donors (Lipinski definition) is 1. The Morgan fingerprint density at radius 1 is 1.53 bits per heavy atom. The molecule has 0 radical (unpaired) electrons. The van der Waals surface area contributed by atoms with E-state index in [4.69, 9.17) is 5.73 Å². The Hall–Kier alpha value is -0.370. The molecule has 1 rings (SSSR count). The average Bonchev–Trinajstić information content (AvgIpc) is 2.61. The number of anilines is 1. The quantitative estimate of drug-likeness (QED) is 0.848. The SMILES string of the molecule is CCS(=O)(=O)CCN(C)Cc1cnc(N)s1.Cl. The highest BCUT2D eigenvalue weighted by Gasteiger charge is 2.10. The topological polar surface area (TPSA) is 76.3 Å². The molecule has 1 aromatic rings. The molecule has 0 fully saturated rings. The second-order valence-corrected chi connectivity index (χ2v) is 7.26. The van der Waals surface area contributed by atoms with Gasteiger partial charge in [-0.25, -0.2) is 13.4 Å². The smallest absolute Gasteiger partial charge is 0.180 e. The first kappa shape index (κ1) is 16.6. The maximum Gasteiger partial charge on any atom is 0.180 e. The zero-order valence-electron chi connectivity index (χ0n) is 9.92. The van der Waals surface area contributed by atoms with Gasteiger partial charge >= 0.3 is 0 Å². The van der Waals surface area contributed by atoms with Crippen LogP contribution in [0.25, 0.3) is 0 Å². The predicted octanol–water partition coefficient (Wildman–Crippen LogP) is 1.01. The van der Waals surface area contributed by atoms with Crippen LogP contribution < -0.4 is 5.73 Å². The highest BCUT2D eigenvalue weighted by molar-refractivity contribution is 7.91. The van der Waals surface area contributed by atoms with Crippen LogP contribution >= 0.6 is 23.7 Å². The lowest BCUT2D eigenvalue weighted by molar-refractivity contribution is 0.349. The van der Waals surface area contributed by atoms with Crippen LogP contribution in [0.2, 0.25) is 0 Å². The molecule has 0 bridgehead atoms. The summed E-state index contributed by atoms with van der Waals surface area (Å²) in [5, 5.41) is 0.546. The number of nitrogen functional groups attached to an aromatic ring is 1. The Balaban J connectivity index is 0.00000256. The van der Waals surface area contributed by atoms with E-state index in [2.05, 4.69) is 4.98 Å². The molecule has 0 unspecified atom stereocenters. The molecule has 0 amide bonds. The van der Waals surface area contributed by atoms with E-state index in [9.17, 15) is 8.42 Å². The van der Waals surface area contributed by atoms with E-state index in [-0.39, 0.29) is 23.9 Å². The minimum atomic E-state index is -2.88. The van der Waals surface area contributed by atoms with Crippen molar-refractivity contribution >= 4 is 38.7 Å². The molecule has 0 aliphatic rings. The number of aromatic nitrogens is 1. The fraction of sp³-hybridized carbons (Fsp3) is 0.667. The first-order valence-electron chi connectivity index (χ1n) is 5.02. The Bertz CT molecular complexity index is 433. The highest BCUT2D eigenvalue weighted by Crippen LogP contribution is 2.15. The molecule has 5 nitrogen and oxygen atoms in total. The van der Waals surface area contributed by atoms with Crippen molar-refractivity contribution in [2.24, 2.45) is 0 Å². The van der Waals surface area contributed by atoms with Gasteiger partial charge in [0.15, 0.2) is 15.0 Å². The Morgan fingerprint density at radius 3 is 2.65 bits per heavy atom. The van der Waals surface area contributed by atoms with Gasteiger partial charge in [-0.2, -0.15) is 0 Å². The molecule has 8 heteroatoms. The summed E-state index contributed by atoms with van der Waals surface area (Å²) in [6.45, 7) is 2.89. The molecule has 1 heterocycles. The van der Waals surface area contributed by atoms with E-state index in [1.54, 1.807) is 13.1 Å². The highest BCUT2D eigenvalue weighted by atomic mass is 35.5. The first-order chi connectivity index (χ1) is 7.43. The molecular weight excluding hydrogens is 282 g/mol. The van der Waals surface area contributed by atoms with Gasteiger partial charge in [0.1, 0.15) is 0 Å². The molecule has 0 atom stereocenters. The van der Waals surface area contributed by atoms with Crippen molar-refractivity contribution in [2.75, 3.05) is 30.8 Å². The van der Waals surface area contributed by atoms with Crippen LogP contribution in [-0.2, 0) is 16.4 Å². The molecule has 0 aliphatic heterocycles. The number of rotatable bonds is 6. The third-order valence-corrected chi connectivity index (χ3v) is 4.72. The Morgan fingerprint density at radius 2 is 2.18 bits per heavy atom. The monoisotopic (exact) mass is 299 g/mol. The van der Waals surface area contributed by atoms with Crippen molar-refractivity contribution in [1.29, 1.82) is 0 Å². The number of sulfone groups is 1. The minimum Gasteiger partial charge on any atom is -0.375 e. The van der Waals surface area contributed by atoms with Gasteiger partial charge in [0.2, 0.25) is 0 Å². The third kappa shape index (κ3) is 6.21. The number of hydrogen-bond acceptors (Lipinski definition) is 6. The van der Waals surface area contributed by atoms with Crippen LogP contribution in [0, 0.1) is 0 Å². The minimum absolute atomic E-state index is 0. The summed E-state index contributed by atoms with van der Waals surface area (Å²) in [5.74, 6) is 0.405. The fourth-order valence-electron chi connectivity index (χ4n) is 1.18. The van der Waals surface area contributed by atoms with Gasteiger partial charge in [0.05, 0.1) is 5.75 Å². The summed E-state index contributed by atoms with van der Waals surface area (Å²) in [6, 6.07) is 0. The summed E-state index contributed by atoms with van der Waals surface area (Å²) >= 11 is 1.43. The Kier molecular flexibility index (Phi) is 6.99. The number of thiazole rings is 1. The van der Waals surface area contributed by atoms with E-state index < -0.39 is 9.84 Å².